The fraction of sp³-hybridized carbons (Fsp3) is 0.222. The summed E-state index contributed by atoms with van der Waals surface area (Å²) in [6, 6.07) is 13.4. The molecule has 1 aliphatic rings. The predicted octanol–water partition coefficient (Wildman–Crippen LogP) is 3.35. The Bertz CT molecular complexity index is 750. The van der Waals surface area contributed by atoms with Gasteiger partial charge in [-0.05, 0) is 17.9 Å². The first-order valence-electron chi connectivity index (χ1n) is 7.26. The van der Waals surface area contributed by atoms with E-state index in [0.717, 1.165) is 10.8 Å². The van der Waals surface area contributed by atoms with Crippen molar-refractivity contribution in [3.63, 3.8) is 0 Å². The van der Waals surface area contributed by atoms with Crippen LogP contribution in [0, 0.1) is 0 Å². The van der Waals surface area contributed by atoms with E-state index >= 15 is 0 Å². The lowest BCUT2D eigenvalue weighted by Gasteiger charge is -2.14. The van der Waals surface area contributed by atoms with Gasteiger partial charge < -0.3 is 9.84 Å². The number of aliphatic hydroxyl groups is 1. The Morgan fingerprint density at radius 1 is 1.00 bits per heavy atom. The SMILES string of the molecule is O=C1CCCC(=O)C1=C(O)COc1cccc2ccccc12. The van der Waals surface area contributed by atoms with Gasteiger partial charge in [0.1, 0.15) is 23.7 Å². The average molecular weight is 296 g/mol. The lowest BCUT2D eigenvalue weighted by molar-refractivity contribution is -0.124. The number of aliphatic hydroxyl groups excluding tert-OH is 1. The minimum atomic E-state index is -0.296. The highest BCUT2D eigenvalue weighted by molar-refractivity contribution is 6.22. The van der Waals surface area contributed by atoms with Gasteiger partial charge in [0.05, 0.1) is 0 Å². The molecule has 2 aromatic carbocycles. The number of carbonyl (C=O) groups excluding carboxylic acids is 2. The van der Waals surface area contributed by atoms with E-state index in [1.54, 1.807) is 6.07 Å². The second kappa shape index (κ2) is 6.02. The number of carbonyl (C=O) groups is 2. The lowest BCUT2D eigenvalue weighted by Crippen LogP contribution is -2.22. The molecule has 3 rings (SSSR count). The Kier molecular flexibility index (Phi) is 3.92. The molecule has 1 saturated carbocycles. The van der Waals surface area contributed by atoms with E-state index in [4.69, 9.17) is 4.74 Å². The number of ketones is 2. The fourth-order valence-electron chi connectivity index (χ4n) is 2.68. The smallest absolute Gasteiger partial charge is 0.169 e. The third-order valence-corrected chi connectivity index (χ3v) is 3.77. The summed E-state index contributed by atoms with van der Waals surface area (Å²) >= 11 is 0. The summed E-state index contributed by atoms with van der Waals surface area (Å²) < 4.78 is 5.62. The van der Waals surface area contributed by atoms with E-state index in [-0.39, 0.29) is 29.5 Å². The minimum Gasteiger partial charge on any atom is -0.508 e. The van der Waals surface area contributed by atoms with Crippen LogP contribution in [0.1, 0.15) is 19.3 Å². The van der Waals surface area contributed by atoms with Crippen LogP contribution in [0.5, 0.6) is 5.75 Å². The summed E-state index contributed by atoms with van der Waals surface area (Å²) in [4.78, 5) is 23.6. The second-order valence-corrected chi connectivity index (χ2v) is 5.29. The van der Waals surface area contributed by atoms with Crippen LogP contribution in [0.4, 0.5) is 0 Å². The largest absolute Gasteiger partial charge is 0.508 e. The summed E-state index contributed by atoms with van der Waals surface area (Å²) in [6.45, 7) is -0.180. The van der Waals surface area contributed by atoms with E-state index < -0.39 is 0 Å². The zero-order valence-electron chi connectivity index (χ0n) is 12.0. The maximum Gasteiger partial charge on any atom is 0.169 e. The van der Waals surface area contributed by atoms with Gasteiger partial charge in [-0.2, -0.15) is 0 Å². The van der Waals surface area contributed by atoms with Crippen molar-refractivity contribution in [3.8, 4) is 5.75 Å². The third kappa shape index (κ3) is 2.72. The van der Waals surface area contributed by atoms with Crippen molar-refractivity contribution < 1.29 is 19.4 Å². The van der Waals surface area contributed by atoms with E-state index in [1.165, 1.54) is 0 Å². The van der Waals surface area contributed by atoms with Crippen LogP contribution >= 0.6 is 0 Å². The molecule has 0 bridgehead atoms. The highest BCUT2D eigenvalue weighted by atomic mass is 16.5. The first-order valence-corrected chi connectivity index (χ1v) is 7.26. The molecule has 1 N–H and O–H groups in total. The summed E-state index contributed by atoms with van der Waals surface area (Å²) in [5, 5.41) is 12.0. The van der Waals surface area contributed by atoms with E-state index in [0.29, 0.717) is 25.0 Å². The zero-order chi connectivity index (χ0) is 15.5. The monoisotopic (exact) mass is 296 g/mol. The molecule has 1 fully saturated rings. The van der Waals surface area contributed by atoms with E-state index in [9.17, 15) is 14.7 Å². The fourth-order valence-corrected chi connectivity index (χ4v) is 2.68. The summed E-state index contributed by atoms with van der Waals surface area (Å²) in [5.74, 6) is -0.255. The number of rotatable bonds is 3. The van der Waals surface area contributed by atoms with Crippen molar-refractivity contribution in [1.82, 2.24) is 0 Å². The molecule has 0 spiro atoms. The van der Waals surface area contributed by atoms with Crippen LogP contribution in [0.2, 0.25) is 0 Å². The third-order valence-electron chi connectivity index (χ3n) is 3.77. The highest BCUT2D eigenvalue weighted by Crippen LogP contribution is 2.26. The maximum absolute atomic E-state index is 11.8. The van der Waals surface area contributed by atoms with Crippen LogP contribution in [0.25, 0.3) is 10.8 Å². The van der Waals surface area contributed by atoms with Gasteiger partial charge in [-0.1, -0.05) is 36.4 Å². The van der Waals surface area contributed by atoms with Crippen molar-refractivity contribution in [3.05, 3.63) is 53.8 Å². The van der Waals surface area contributed by atoms with Crippen LogP contribution in [-0.4, -0.2) is 23.3 Å². The topological polar surface area (TPSA) is 63.6 Å². The first-order chi connectivity index (χ1) is 10.7. The van der Waals surface area contributed by atoms with Gasteiger partial charge in [-0.3, -0.25) is 9.59 Å². The number of benzene rings is 2. The number of Topliss-reactive ketones (excluding diaryl/α,β-unsaturated/α-hetero) is 2. The van der Waals surface area contributed by atoms with E-state index in [1.807, 2.05) is 36.4 Å². The average Bonchev–Trinajstić information content (AvgIpc) is 2.52. The molecule has 112 valence electrons. The Morgan fingerprint density at radius 2 is 1.68 bits per heavy atom. The summed E-state index contributed by atoms with van der Waals surface area (Å²) in [7, 11) is 0. The number of allylic oxidation sites excluding steroid dienone is 1. The number of ether oxygens (including phenoxy) is 1. The molecule has 1 aliphatic carbocycles. The number of fused-ring (bicyclic) bond motifs is 1. The van der Waals surface area contributed by atoms with Crippen molar-refractivity contribution in [1.29, 1.82) is 0 Å². The molecule has 0 aliphatic heterocycles. The van der Waals surface area contributed by atoms with Crippen molar-refractivity contribution in [2.45, 2.75) is 19.3 Å². The molecule has 22 heavy (non-hydrogen) atoms. The molecule has 0 saturated heterocycles. The molecule has 0 radical (unpaired) electrons. The molecule has 4 nitrogen and oxygen atoms in total. The predicted molar refractivity (Wildman–Crippen MR) is 83.0 cm³/mol. The molecule has 0 unspecified atom stereocenters. The zero-order valence-corrected chi connectivity index (χ0v) is 12.0. The van der Waals surface area contributed by atoms with Gasteiger partial charge >= 0.3 is 0 Å². The van der Waals surface area contributed by atoms with Gasteiger partial charge in [-0.15, -0.1) is 0 Å². The summed E-state index contributed by atoms with van der Waals surface area (Å²) in [6.07, 6.45) is 1.16. The number of hydrogen-bond donors (Lipinski definition) is 1. The van der Waals surface area contributed by atoms with E-state index in [2.05, 4.69) is 0 Å². The second-order valence-electron chi connectivity index (χ2n) is 5.29. The Morgan fingerprint density at radius 3 is 2.45 bits per heavy atom. The molecule has 0 atom stereocenters. The molecular formula is C18H16O4. The van der Waals surface area contributed by atoms with Crippen LogP contribution in [0.3, 0.4) is 0 Å². The quantitative estimate of drug-likeness (QED) is 0.536. The van der Waals surface area contributed by atoms with Crippen LogP contribution in [0.15, 0.2) is 53.8 Å². The maximum atomic E-state index is 11.8. The lowest BCUT2D eigenvalue weighted by atomic mass is 9.91. The minimum absolute atomic E-state index is 0.0912. The van der Waals surface area contributed by atoms with Crippen LogP contribution in [-0.2, 0) is 9.59 Å². The van der Waals surface area contributed by atoms with Gasteiger partial charge in [0.25, 0.3) is 0 Å². The highest BCUT2D eigenvalue weighted by Gasteiger charge is 2.27. The molecule has 0 amide bonds. The standard InChI is InChI=1S/C18H16O4/c19-14-8-4-9-15(20)18(14)16(21)11-22-17-10-3-6-12-5-1-2-7-13(12)17/h1-3,5-7,10,21H,4,8-9,11H2. The van der Waals surface area contributed by atoms with Gasteiger partial charge in [0.15, 0.2) is 11.6 Å². The normalized spacial score (nSPS) is 15.2. The molecule has 0 heterocycles. The van der Waals surface area contributed by atoms with Gasteiger partial charge in [0.2, 0.25) is 0 Å². The van der Waals surface area contributed by atoms with Gasteiger partial charge in [0, 0.05) is 18.2 Å². The van der Waals surface area contributed by atoms with Crippen LogP contribution < -0.4 is 4.74 Å². The van der Waals surface area contributed by atoms with Crippen molar-refractivity contribution in [2.24, 2.45) is 0 Å². The van der Waals surface area contributed by atoms with Crippen molar-refractivity contribution in [2.75, 3.05) is 6.61 Å². The van der Waals surface area contributed by atoms with Gasteiger partial charge in [-0.25, -0.2) is 0 Å². The molecule has 2 aromatic rings. The molecular weight excluding hydrogens is 280 g/mol. The Balaban J connectivity index is 1.84. The molecule has 4 heteroatoms. The Labute approximate surface area is 128 Å². The van der Waals surface area contributed by atoms with Crippen molar-refractivity contribution >= 4 is 22.3 Å². The Hall–Kier alpha value is -2.62. The number of hydrogen-bond acceptors (Lipinski definition) is 4. The first kappa shape index (κ1) is 14.3. The summed E-state index contributed by atoms with van der Waals surface area (Å²) in [5.41, 5.74) is -0.0912. The molecule has 0 aromatic heterocycles.